The van der Waals surface area contributed by atoms with Crippen LogP contribution in [0.5, 0.6) is 0 Å². The molecule has 0 spiro atoms. The van der Waals surface area contributed by atoms with Gasteiger partial charge < -0.3 is 0 Å². The molecular weight excluding hydrogens is 441 g/mol. The van der Waals surface area contributed by atoms with Crippen molar-refractivity contribution < 1.29 is 13.2 Å². The van der Waals surface area contributed by atoms with Gasteiger partial charge in [-0.2, -0.15) is 0 Å². The second-order valence-corrected chi connectivity index (χ2v) is 13.8. The number of carbonyl (C=O) groups excluding carboxylic acids is 1. The van der Waals surface area contributed by atoms with E-state index in [0.717, 1.165) is 0 Å². The monoisotopic (exact) mass is 452 g/mol. The fourth-order valence-corrected chi connectivity index (χ4v) is 10.1. The van der Waals surface area contributed by atoms with Crippen molar-refractivity contribution in [2.24, 2.45) is 0 Å². The number of benzene rings is 2. The molecule has 0 aliphatic carbocycles. The Balaban J connectivity index is 1.73. The van der Waals surface area contributed by atoms with Crippen LogP contribution < -0.4 is 8.98 Å². The van der Waals surface area contributed by atoms with Crippen LogP contribution in [-0.4, -0.2) is 28.9 Å². The van der Waals surface area contributed by atoms with E-state index in [-0.39, 0.29) is 5.91 Å². The topological polar surface area (TPSA) is 63.2 Å². The summed E-state index contributed by atoms with van der Waals surface area (Å²) >= 11 is 6.08. The zero-order valence-electron chi connectivity index (χ0n) is 12.7. The number of thiophene rings is 1. The molecule has 8 heteroatoms. The van der Waals surface area contributed by atoms with Gasteiger partial charge in [-0.3, -0.25) is 0 Å². The van der Waals surface area contributed by atoms with Crippen LogP contribution in [0.15, 0.2) is 70.9 Å². The molecule has 0 unspecified atom stereocenters. The SMILES string of the molecule is O=C(Nc1cccc(Cl)c1)c1csc([As]S(=O)(=O)c2ccccc2)c1. The van der Waals surface area contributed by atoms with Crippen LogP contribution in [-0.2, 0) is 8.10 Å². The fourth-order valence-electron chi connectivity index (χ4n) is 2.02. The van der Waals surface area contributed by atoms with Gasteiger partial charge in [0, 0.05) is 0 Å². The van der Waals surface area contributed by atoms with Crippen molar-refractivity contribution in [3.8, 4) is 0 Å². The summed E-state index contributed by atoms with van der Waals surface area (Å²) in [6, 6.07) is 16.9. The van der Waals surface area contributed by atoms with E-state index in [2.05, 4.69) is 5.32 Å². The first kappa shape index (κ1) is 18.2. The Hall–Kier alpha value is -1.59. The van der Waals surface area contributed by atoms with Gasteiger partial charge in [0.1, 0.15) is 0 Å². The summed E-state index contributed by atoms with van der Waals surface area (Å²) in [5.74, 6) is -0.289. The summed E-state index contributed by atoms with van der Waals surface area (Å²) in [4.78, 5) is 12.6. The van der Waals surface area contributed by atoms with Crippen molar-refractivity contribution in [2.75, 3.05) is 5.32 Å². The van der Waals surface area contributed by atoms with E-state index in [9.17, 15) is 13.2 Å². The zero-order valence-corrected chi connectivity index (χ0v) is 17.0. The molecule has 127 valence electrons. The summed E-state index contributed by atoms with van der Waals surface area (Å²) in [6.07, 6.45) is 0. The molecule has 2 aromatic carbocycles. The molecule has 3 aromatic rings. The Morgan fingerprint density at radius 3 is 2.52 bits per heavy atom. The first-order valence-electron chi connectivity index (χ1n) is 7.12. The Morgan fingerprint density at radius 1 is 1.04 bits per heavy atom. The second-order valence-electron chi connectivity index (χ2n) is 5.02. The van der Waals surface area contributed by atoms with Crippen LogP contribution in [0.4, 0.5) is 5.69 Å². The number of carbonyl (C=O) groups is 1. The molecule has 4 nitrogen and oxygen atoms in total. The van der Waals surface area contributed by atoms with Gasteiger partial charge in [-0.05, 0) is 0 Å². The van der Waals surface area contributed by atoms with Crippen LogP contribution in [0.1, 0.15) is 10.4 Å². The molecule has 1 radical (unpaired) electrons. The molecule has 0 atom stereocenters. The molecule has 0 aliphatic rings. The number of halogens is 1. The van der Waals surface area contributed by atoms with E-state index in [1.165, 1.54) is 11.3 Å². The Kier molecular flexibility index (Phi) is 5.64. The average molecular weight is 453 g/mol. The van der Waals surface area contributed by atoms with Gasteiger partial charge >= 0.3 is 161 Å². The molecule has 0 saturated heterocycles. The zero-order chi connectivity index (χ0) is 17.9. The predicted octanol–water partition coefficient (Wildman–Crippen LogP) is 3.37. The van der Waals surface area contributed by atoms with Gasteiger partial charge in [0.05, 0.1) is 0 Å². The van der Waals surface area contributed by atoms with E-state index in [1.807, 2.05) is 0 Å². The van der Waals surface area contributed by atoms with Crippen LogP contribution >= 0.6 is 22.9 Å². The minimum atomic E-state index is -3.34. The van der Waals surface area contributed by atoms with E-state index in [4.69, 9.17) is 11.6 Å². The fraction of sp³-hybridized carbons (Fsp3) is 0. The summed E-state index contributed by atoms with van der Waals surface area (Å²) in [5.41, 5.74) is 1.04. The summed E-state index contributed by atoms with van der Waals surface area (Å²) < 4.78 is 25.6. The maximum atomic E-state index is 12.4. The van der Waals surface area contributed by atoms with Crippen molar-refractivity contribution in [1.82, 2.24) is 0 Å². The summed E-state index contributed by atoms with van der Waals surface area (Å²) in [7, 11) is -3.34. The second kappa shape index (κ2) is 7.75. The van der Waals surface area contributed by atoms with Crippen LogP contribution in [0.3, 0.4) is 0 Å². The molecule has 0 aliphatic heterocycles. The number of anilines is 1. The van der Waals surface area contributed by atoms with E-state index in [1.54, 1.807) is 66.0 Å². The number of rotatable bonds is 5. The van der Waals surface area contributed by atoms with Gasteiger partial charge in [0.2, 0.25) is 0 Å². The molecule has 1 aromatic heterocycles. The van der Waals surface area contributed by atoms with Gasteiger partial charge in [0.15, 0.2) is 0 Å². The van der Waals surface area contributed by atoms with Crippen molar-refractivity contribution in [2.45, 2.75) is 4.90 Å². The quantitative estimate of drug-likeness (QED) is 0.604. The number of hydrogen-bond acceptors (Lipinski definition) is 4. The molecule has 1 amide bonds. The standard InChI is InChI=1S/C17H12AsClNO3S2/c19-13-5-4-6-14(10-13)20-17(21)12-9-16(24-11-12)18-25(22,23)15-7-2-1-3-8-15/h1-11H,(H,20,21). The number of amides is 1. The normalized spacial score (nSPS) is 11.7. The van der Waals surface area contributed by atoms with Crippen molar-refractivity contribution in [3.63, 3.8) is 0 Å². The summed E-state index contributed by atoms with van der Waals surface area (Å²) in [5, 5.41) is 4.95. The first-order valence-corrected chi connectivity index (χ1v) is 13.1. The molecule has 3 rings (SSSR count). The van der Waals surface area contributed by atoms with Crippen molar-refractivity contribution in [1.29, 1.82) is 0 Å². The molecule has 25 heavy (non-hydrogen) atoms. The predicted molar refractivity (Wildman–Crippen MR) is 103 cm³/mol. The van der Waals surface area contributed by atoms with Gasteiger partial charge in [-0.1, -0.05) is 0 Å². The molecule has 1 heterocycles. The maximum absolute atomic E-state index is 12.4. The number of nitrogens with one attached hydrogen (secondary N) is 1. The molecular formula is C17H12AsClNO3S2. The van der Waals surface area contributed by atoms with Crippen molar-refractivity contribution >= 4 is 60.9 Å². The van der Waals surface area contributed by atoms with E-state index >= 15 is 0 Å². The van der Waals surface area contributed by atoms with Gasteiger partial charge in [-0.15, -0.1) is 0 Å². The third-order valence-corrected chi connectivity index (χ3v) is 11.5. The Labute approximate surface area is 160 Å². The molecule has 1 N–H and O–H groups in total. The first-order chi connectivity index (χ1) is 11.9. The van der Waals surface area contributed by atoms with Crippen molar-refractivity contribution in [3.05, 3.63) is 76.6 Å². The van der Waals surface area contributed by atoms with Gasteiger partial charge in [0.25, 0.3) is 0 Å². The third kappa shape index (κ3) is 4.73. The van der Waals surface area contributed by atoms with Crippen LogP contribution in [0.2, 0.25) is 5.02 Å². The molecule has 0 fully saturated rings. The van der Waals surface area contributed by atoms with E-state index in [0.29, 0.717) is 24.8 Å². The number of hydrogen-bond donors (Lipinski definition) is 1. The molecule has 0 saturated carbocycles. The van der Waals surface area contributed by atoms with Crippen LogP contribution in [0.25, 0.3) is 0 Å². The Morgan fingerprint density at radius 2 is 1.80 bits per heavy atom. The average Bonchev–Trinajstić information content (AvgIpc) is 3.03. The minimum absolute atomic E-state index is 0.289. The van der Waals surface area contributed by atoms with Gasteiger partial charge in [-0.25, -0.2) is 0 Å². The Bertz CT molecular complexity index is 1000. The molecule has 0 bridgehead atoms. The third-order valence-electron chi connectivity index (χ3n) is 3.18. The van der Waals surface area contributed by atoms with E-state index < -0.39 is 22.7 Å². The summed E-state index contributed by atoms with van der Waals surface area (Å²) in [6.45, 7) is 0. The van der Waals surface area contributed by atoms with Crippen LogP contribution in [0, 0.1) is 0 Å².